The monoisotopic (exact) mass is 333 g/mol. The van der Waals surface area contributed by atoms with E-state index in [9.17, 15) is 8.78 Å². The molecule has 0 unspecified atom stereocenters. The van der Waals surface area contributed by atoms with E-state index in [2.05, 4.69) is 15.9 Å². The van der Waals surface area contributed by atoms with Crippen molar-refractivity contribution >= 4 is 33.2 Å². The number of hydrogen-bond donors (Lipinski definition) is 1. The van der Waals surface area contributed by atoms with Gasteiger partial charge in [0, 0.05) is 16.6 Å². The molecule has 0 aliphatic carbocycles. The molecular formula is C12H7BrClF2NO. The molecule has 0 spiro atoms. The highest BCUT2D eigenvalue weighted by atomic mass is 79.9. The second kappa shape index (κ2) is 5.12. The summed E-state index contributed by atoms with van der Waals surface area (Å²) in [6.45, 7) is 0. The third-order valence-electron chi connectivity index (χ3n) is 2.17. The maximum atomic E-state index is 13.5. The standard InChI is InChI=1S/C12H7BrClF2NO/c13-6-1-2-11(9(16)3-6)18-12-4-7(14)8(15)5-10(12)17/h1-5H,17H2. The van der Waals surface area contributed by atoms with Crippen LogP contribution in [0.2, 0.25) is 5.02 Å². The summed E-state index contributed by atoms with van der Waals surface area (Å²) in [5.74, 6) is -1.14. The van der Waals surface area contributed by atoms with Crippen LogP contribution >= 0.6 is 27.5 Å². The summed E-state index contributed by atoms with van der Waals surface area (Å²) in [4.78, 5) is 0. The van der Waals surface area contributed by atoms with Gasteiger partial charge in [-0.25, -0.2) is 8.78 Å². The van der Waals surface area contributed by atoms with E-state index in [4.69, 9.17) is 22.1 Å². The SMILES string of the molecule is Nc1cc(F)c(Cl)cc1Oc1ccc(Br)cc1F. The van der Waals surface area contributed by atoms with Crippen molar-refractivity contribution in [2.75, 3.05) is 5.73 Å². The van der Waals surface area contributed by atoms with Crippen LogP contribution in [0.15, 0.2) is 34.8 Å². The number of rotatable bonds is 2. The van der Waals surface area contributed by atoms with Crippen LogP contribution in [0.1, 0.15) is 0 Å². The van der Waals surface area contributed by atoms with Gasteiger partial charge in [0.2, 0.25) is 0 Å². The van der Waals surface area contributed by atoms with Crippen molar-refractivity contribution in [2.45, 2.75) is 0 Å². The summed E-state index contributed by atoms with van der Waals surface area (Å²) in [5.41, 5.74) is 5.60. The lowest BCUT2D eigenvalue weighted by Gasteiger charge is -2.10. The molecule has 0 heterocycles. The Kier molecular flexibility index (Phi) is 3.73. The van der Waals surface area contributed by atoms with Crippen molar-refractivity contribution < 1.29 is 13.5 Å². The molecule has 2 aromatic rings. The van der Waals surface area contributed by atoms with Crippen molar-refractivity contribution in [2.24, 2.45) is 0 Å². The molecule has 2 nitrogen and oxygen atoms in total. The van der Waals surface area contributed by atoms with Gasteiger partial charge in [-0.05, 0) is 18.2 Å². The molecule has 2 aromatic carbocycles. The Morgan fingerprint density at radius 1 is 1.06 bits per heavy atom. The molecule has 94 valence electrons. The fourth-order valence-corrected chi connectivity index (χ4v) is 1.80. The third kappa shape index (κ3) is 2.73. The average Bonchev–Trinajstić information content (AvgIpc) is 2.29. The summed E-state index contributed by atoms with van der Waals surface area (Å²) in [6.07, 6.45) is 0. The minimum absolute atomic E-state index is 0.0208. The van der Waals surface area contributed by atoms with Crippen LogP contribution in [-0.4, -0.2) is 0 Å². The van der Waals surface area contributed by atoms with Crippen LogP contribution in [0, 0.1) is 11.6 Å². The van der Waals surface area contributed by atoms with E-state index in [-0.39, 0.29) is 22.2 Å². The molecular weight excluding hydrogens is 327 g/mol. The minimum atomic E-state index is -0.655. The van der Waals surface area contributed by atoms with Crippen molar-refractivity contribution in [3.8, 4) is 11.5 Å². The van der Waals surface area contributed by atoms with Crippen LogP contribution < -0.4 is 10.5 Å². The second-order valence-electron chi connectivity index (χ2n) is 3.48. The Labute approximate surface area is 115 Å². The second-order valence-corrected chi connectivity index (χ2v) is 4.80. The largest absolute Gasteiger partial charge is 0.452 e. The Hall–Kier alpha value is -1.33. The van der Waals surface area contributed by atoms with Gasteiger partial charge < -0.3 is 10.5 Å². The van der Waals surface area contributed by atoms with E-state index >= 15 is 0 Å². The van der Waals surface area contributed by atoms with Crippen LogP contribution in [0.5, 0.6) is 11.5 Å². The Balaban J connectivity index is 2.37. The molecule has 0 atom stereocenters. The number of hydrogen-bond acceptors (Lipinski definition) is 2. The van der Waals surface area contributed by atoms with Gasteiger partial charge in [0.05, 0.1) is 10.7 Å². The molecule has 0 amide bonds. The van der Waals surface area contributed by atoms with Gasteiger partial charge >= 0.3 is 0 Å². The normalized spacial score (nSPS) is 10.4. The van der Waals surface area contributed by atoms with Crippen molar-refractivity contribution in [3.05, 3.63) is 51.5 Å². The van der Waals surface area contributed by atoms with Crippen molar-refractivity contribution in [1.29, 1.82) is 0 Å². The van der Waals surface area contributed by atoms with Gasteiger partial charge in [0.15, 0.2) is 17.3 Å². The van der Waals surface area contributed by atoms with Gasteiger partial charge in [-0.1, -0.05) is 27.5 Å². The summed E-state index contributed by atoms with van der Waals surface area (Å²) < 4.78 is 32.5. The number of nitrogen functional groups attached to an aromatic ring is 1. The first-order chi connectivity index (χ1) is 8.47. The van der Waals surface area contributed by atoms with Gasteiger partial charge in [-0.3, -0.25) is 0 Å². The molecule has 0 bridgehead atoms. The van der Waals surface area contributed by atoms with E-state index in [0.29, 0.717) is 4.47 Å². The minimum Gasteiger partial charge on any atom is -0.452 e. The molecule has 2 rings (SSSR count). The molecule has 0 fully saturated rings. The van der Waals surface area contributed by atoms with Gasteiger partial charge in [-0.2, -0.15) is 0 Å². The van der Waals surface area contributed by atoms with Crippen LogP contribution in [0.4, 0.5) is 14.5 Å². The topological polar surface area (TPSA) is 35.2 Å². The zero-order valence-corrected chi connectivity index (χ0v) is 11.2. The summed E-state index contributed by atoms with van der Waals surface area (Å²) in [5, 5.41) is -0.142. The quantitative estimate of drug-likeness (QED) is 0.804. The number of nitrogens with two attached hydrogens (primary N) is 1. The first-order valence-corrected chi connectivity index (χ1v) is 6.02. The average molecular weight is 335 g/mol. The van der Waals surface area contributed by atoms with Crippen molar-refractivity contribution in [1.82, 2.24) is 0 Å². The van der Waals surface area contributed by atoms with E-state index in [1.54, 1.807) is 6.07 Å². The molecule has 0 radical (unpaired) electrons. The predicted molar refractivity (Wildman–Crippen MR) is 70.0 cm³/mol. The van der Waals surface area contributed by atoms with E-state index in [0.717, 1.165) is 6.07 Å². The van der Waals surface area contributed by atoms with Gasteiger partial charge in [0.25, 0.3) is 0 Å². The molecule has 0 saturated heterocycles. The molecule has 18 heavy (non-hydrogen) atoms. The summed E-state index contributed by atoms with van der Waals surface area (Å²) in [7, 11) is 0. The lowest BCUT2D eigenvalue weighted by Crippen LogP contribution is -1.95. The maximum Gasteiger partial charge on any atom is 0.166 e. The number of benzene rings is 2. The molecule has 6 heteroatoms. The fraction of sp³-hybridized carbons (Fsp3) is 0. The first kappa shape index (κ1) is 13.1. The van der Waals surface area contributed by atoms with Crippen molar-refractivity contribution in [3.63, 3.8) is 0 Å². The van der Waals surface area contributed by atoms with Gasteiger partial charge in [0.1, 0.15) is 5.82 Å². The molecule has 0 aliphatic heterocycles. The van der Waals surface area contributed by atoms with Crippen LogP contribution in [-0.2, 0) is 0 Å². The lowest BCUT2D eigenvalue weighted by molar-refractivity contribution is 0.443. The predicted octanol–water partition coefficient (Wildman–Crippen LogP) is 4.76. The highest BCUT2D eigenvalue weighted by Gasteiger charge is 2.11. The zero-order chi connectivity index (χ0) is 13.3. The molecule has 0 saturated carbocycles. The van der Waals surface area contributed by atoms with E-state index < -0.39 is 11.6 Å². The number of anilines is 1. The summed E-state index contributed by atoms with van der Waals surface area (Å²) >= 11 is 8.73. The number of ether oxygens (including phenoxy) is 1. The zero-order valence-electron chi connectivity index (χ0n) is 8.88. The highest BCUT2D eigenvalue weighted by Crippen LogP contribution is 2.33. The number of halogens is 4. The Morgan fingerprint density at radius 3 is 2.44 bits per heavy atom. The highest BCUT2D eigenvalue weighted by molar-refractivity contribution is 9.10. The maximum absolute atomic E-state index is 13.5. The molecule has 2 N–H and O–H groups in total. The first-order valence-electron chi connectivity index (χ1n) is 4.85. The Bertz CT molecular complexity index is 607. The van der Waals surface area contributed by atoms with Crippen LogP contribution in [0.25, 0.3) is 0 Å². The Morgan fingerprint density at radius 2 is 1.78 bits per heavy atom. The van der Waals surface area contributed by atoms with Crippen LogP contribution in [0.3, 0.4) is 0 Å². The summed E-state index contributed by atoms with van der Waals surface area (Å²) in [6, 6.07) is 6.51. The van der Waals surface area contributed by atoms with Gasteiger partial charge in [-0.15, -0.1) is 0 Å². The third-order valence-corrected chi connectivity index (χ3v) is 2.95. The van der Waals surface area contributed by atoms with E-state index in [1.165, 1.54) is 18.2 Å². The van der Waals surface area contributed by atoms with E-state index in [1.807, 2.05) is 0 Å². The fourth-order valence-electron chi connectivity index (χ4n) is 1.31. The lowest BCUT2D eigenvalue weighted by atomic mass is 10.3. The smallest absolute Gasteiger partial charge is 0.166 e. The molecule has 0 aromatic heterocycles. The molecule has 0 aliphatic rings.